The van der Waals surface area contributed by atoms with Gasteiger partial charge in [0.15, 0.2) is 0 Å². The summed E-state index contributed by atoms with van der Waals surface area (Å²) in [6, 6.07) is 3.78. The van der Waals surface area contributed by atoms with Crippen molar-refractivity contribution in [2.75, 3.05) is 26.2 Å². The first-order chi connectivity index (χ1) is 11.2. The number of aromatic nitrogens is 2. The molecule has 1 fully saturated rings. The molecule has 6 heteroatoms. The van der Waals surface area contributed by atoms with E-state index in [1.165, 1.54) is 0 Å². The molecule has 0 unspecified atom stereocenters. The highest BCUT2D eigenvalue weighted by Crippen LogP contribution is 2.10. The molecule has 3 heterocycles. The van der Waals surface area contributed by atoms with Gasteiger partial charge in [-0.3, -0.25) is 9.69 Å². The van der Waals surface area contributed by atoms with Crippen LogP contribution < -0.4 is 0 Å². The summed E-state index contributed by atoms with van der Waals surface area (Å²) in [6.07, 6.45) is 7.67. The molecule has 0 N–H and O–H groups in total. The van der Waals surface area contributed by atoms with E-state index in [-0.39, 0.29) is 5.91 Å². The molecule has 0 aliphatic carbocycles. The molecule has 1 saturated heterocycles. The Morgan fingerprint density at radius 1 is 1.30 bits per heavy atom. The third kappa shape index (κ3) is 4.22. The molecule has 1 aliphatic rings. The largest absolute Gasteiger partial charge is 0.469 e. The van der Waals surface area contributed by atoms with Crippen LogP contribution in [0, 0.1) is 0 Å². The summed E-state index contributed by atoms with van der Waals surface area (Å²) < 4.78 is 7.35. The lowest BCUT2D eigenvalue weighted by Gasteiger charge is -2.21. The number of carbonyl (C=O) groups is 1. The Kier molecular flexibility index (Phi) is 5.12. The monoisotopic (exact) mass is 316 g/mol. The first-order valence-electron chi connectivity index (χ1n) is 8.21. The van der Waals surface area contributed by atoms with E-state index in [0.29, 0.717) is 12.8 Å². The second kappa shape index (κ2) is 7.46. The summed E-state index contributed by atoms with van der Waals surface area (Å²) in [4.78, 5) is 21.1. The van der Waals surface area contributed by atoms with Gasteiger partial charge in [0.1, 0.15) is 11.6 Å². The molecule has 0 spiro atoms. The number of amides is 1. The number of nitrogens with zero attached hydrogens (tertiary/aromatic N) is 4. The van der Waals surface area contributed by atoms with Crippen molar-refractivity contribution in [1.82, 2.24) is 19.4 Å². The maximum absolute atomic E-state index is 12.4. The van der Waals surface area contributed by atoms with Gasteiger partial charge in [-0.1, -0.05) is 0 Å². The maximum atomic E-state index is 12.4. The molecule has 0 saturated carbocycles. The van der Waals surface area contributed by atoms with Gasteiger partial charge in [-0.15, -0.1) is 0 Å². The number of imidazole rings is 1. The van der Waals surface area contributed by atoms with Crippen LogP contribution in [0.1, 0.15) is 24.4 Å². The lowest BCUT2D eigenvalue weighted by Crippen LogP contribution is -2.35. The lowest BCUT2D eigenvalue weighted by molar-refractivity contribution is -0.131. The fourth-order valence-corrected chi connectivity index (χ4v) is 2.97. The van der Waals surface area contributed by atoms with Crippen molar-refractivity contribution in [3.63, 3.8) is 0 Å². The molecule has 2 aromatic rings. The Bertz CT molecular complexity index is 620. The fourth-order valence-electron chi connectivity index (χ4n) is 2.97. The second-order valence-electron chi connectivity index (χ2n) is 6.04. The third-order valence-corrected chi connectivity index (χ3v) is 4.39. The summed E-state index contributed by atoms with van der Waals surface area (Å²) >= 11 is 0. The van der Waals surface area contributed by atoms with Gasteiger partial charge in [0.2, 0.25) is 5.91 Å². The van der Waals surface area contributed by atoms with Crippen molar-refractivity contribution < 1.29 is 9.21 Å². The average molecular weight is 316 g/mol. The van der Waals surface area contributed by atoms with Crippen LogP contribution in [0.5, 0.6) is 0 Å². The van der Waals surface area contributed by atoms with E-state index in [9.17, 15) is 4.79 Å². The molecule has 23 heavy (non-hydrogen) atoms. The van der Waals surface area contributed by atoms with E-state index in [4.69, 9.17) is 4.42 Å². The zero-order valence-corrected chi connectivity index (χ0v) is 13.6. The molecule has 3 rings (SSSR count). The van der Waals surface area contributed by atoms with Crippen molar-refractivity contribution in [2.45, 2.75) is 25.8 Å². The van der Waals surface area contributed by atoms with Crippen molar-refractivity contribution in [2.24, 2.45) is 7.05 Å². The highest BCUT2D eigenvalue weighted by molar-refractivity contribution is 5.76. The number of rotatable bonds is 5. The van der Waals surface area contributed by atoms with E-state index in [2.05, 4.69) is 14.5 Å². The highest BCUT2D eigenvalue weighted by Gasteiger charge is 2.20. The molecule has 2 aromatic heterocycles. The van der Waals surface area contributed by atoms with E-state index >= 15 is 0 Å². The van der Waals surface area contributed by atoms with Crippen LogP contribution >= 0.6 is 0 Å². The van der Waals surface area contributed by atoms with Crippen molar-refractivity contribution in [1.29, 1.82) is 0 Å². The predicted molar refractivity (Wildman–Crippen MR) is 86.7 cm³/mol. The molecule has 0 aromatic carbocycles. The first-order valence-corrected chi connectivity index (χ1v) is 8.21. The molecule has 124 valence electrons. The first kappa shape index (κ1) is 15.8. The van der Waals surface area contributed by atoms with Crippen molar-refractivity contribution >= 4 is 5.91 Å². The van der Waals surface area contributed by atoms with E-state index in [1.807, 2.05) is 36.5 Å². The van der Waals surface area contributed by atoms with E-state index in [1.54, 1.807) is 6.26 Å². The molecular weight excluding hydrogens is 292 g/mol. The van der Waals surface area contributed by atoms with Gasteiger partial charge in [-0.05, 0) is 18.6 Å². The van der Waals surface area contributed by atoms with E-state index in [0.717, 1.165) is 50.7 Å². The summed E-state index contributed by atoms with van der Waals surface area (Å²) in [6.45, 7) is 4.39. The highest BCUT2D eigenvalue weighted by atomic mass is 16.3. The van der Waals surface area contributed by atoms with Crippen LogP contribution in [-0.2, 0) is 24.8 Å². The summed E-state index contributed by atoms with van der Waals surface area (Å²) in [7, 11) is 2.02. The SMILES string of the molecule is Cn1ccnc1CN1CCCN(C(=O)CCc2ccco2)CC1. The number of hydrogen-bond donors (Lipinski definition) is 0. The minimum Gasteiger partial charge on any atom is -0.469 e. The average Bonchev–Trinajstić information content (AvgIpc) is 3.14. The number of hydrogen-bond acceptors (Lipinski definition) is 4. The molecule has 1 aliphatic heterocycles. The minimum absolute atomic E-state index is 0.222. The van der Waals surface area contributed by atoms with Gasteiger partial charge in [0, 0.05) is 58.5 Å². The van der Waals surface area contributed by atoms with Crippen molar-refractivity contribution in [3.05, 3.63) is 42.4 Å². The number of aryl methyl sites for hydroxylation is 2. The van der Waals surface area contributed by atoms with Crippen LogP contribution in [0.2, 0.25) is 0 Å². The Morgan fingerprint density at radius 2 is 2.22 bits per heavy atom. The van der Waals surface area contributed by atoms with Gasteiger partial charge in [-0.2, -0.15) is 0 Å². The molecule has 0 bridgehead atoms. The summed E-state index contributed by atoms with van der Waals surface area (Å²) in [5.41, 5.74) is 0. The van der Waals surface area contributed by atoms with Gasteiger partial charge >= 0.3 is 0 Å². The Morgan fingerprint density at radius 3 is 2.96 bits per heavy atom. The zero-order chi connectivity index (χ0) is 16.1. The summed E-state index contributed by atoms with van der Waals surface area (Å²) in [5, 5.41) is 0. The Labute approximate surface area is 136 Å². The van der Waals surface area contributed by atoms with Crippen LogP contribution in [0.25, 0.3) is 0 Å². The van der Waals surface area contributed by atoms with Gasteiger partial charge in [0.05, 0.1) is 12.8 Å². The maximum Gasteiger partial charge on any atom is 0.223 e. The Hall–Kier alpha value is -2.08. The standard InChI is InChI=1S/C17H24N4O2/c1-19-10-7-18-16(19)14-20-8-3-9-21(12-11-20)17(22)6-5-15-4-2-13-23-15/h2,4,7,10,13H,3,5-6,8-9,11-12,14H2,1H3. The number of carbonyl (C=O) groups excluding carboxylic acids is 1. The fraction of sp³-hybridized carbons (Fsp3) is 0.529. The number of furan rings is 1. The predicted octanol–water partition coefficient (Wildman–Crippen LogP) is 1.68. The lowest BCUT2D eigenvalue weighted by atomic mass is 10.2. The second-order valence-corrected chi connectivity index (χ2v) is 6.04. The quantitative estimate of drug-likeness (QED) is 0.842. The topological polar surface area (TPSA) is 54.5 Å². The zero-order valence-electron chi connectivity index (χ0n) is 13.6. The normalized spacial score (nSPS) is 16.5. The summed E-state index contributed by atoms with van der Waals surface area (Å²) in [5.74, 6) is 2.17. The van der Waals surface area contributed by atoms with Crippen LogP contribution in [-0.4, -0.2) is 51.4 Å². The van der Waals surface area contributed by atoms with Crippen LogP contribution in [0.15, 0.2) is 35.2 Å². The van der Waals surface area contributed by atoms with Gasteiger partial charge in [0.25, 0.3) is 0 Å². The van der Waals surface area contributed by atoms with Gasteiger partial charge < -0.3 is 13.9 Å². The Balaban J connectivity index is 1.47. The molecular formula is C17H24N4O2. The molecule has 0 atom stereocenters. The molecule has 6 nitrogen and oxygen atoms in total. The molecule has 1 amide bonds. The third-order valence-electron chi connectivity index (χ3n) is 4.39. The van der Waals surface area contributed by atoms with Crippen molar-refractivity contribution in [3.8, 4) is 0 Å². The smallest absolute Gasteiger partial charge is 0.223 e. The van der Waals surface area contributed by atoms with E-state index < -0.39 is 0 Å². The minimum atomic E-state index is 0.222. The molecule has 0 radical (unpaired) electrons. The van der Waals surface area contributed by atoms with Crippen LogP contribution in [0.4, 0.5) is 0 Å². The van der Waals surface area contributed by atoms with Gasteiger partial charge in [-0.25, -0.2) is 4.98 Å². The van der Waals surface area contributed by atoms with Crippen LogP contribution in [0.3, 0.4) is 0 Å².